The number of carbonyl (C=O) groups is 1. The Morgan fingerprint density at radius 3 is 2.47 bits per heavy atom. The topological polar surface area (TPSA) is 35.5 Å². The molecule has 0 aromatic heterocycles. The predicted molar refractivity (Wildman–Crippen MR) is 67.8 cm³/mol. The Hall–Kier alpha value is -1.61. The molecule has 3 heteroatoms. The number of carbonyl (C=O) groups excluding carboxylic acids is 1. The molecule has 0 amide bonds. The third-order valence-electron chi connectivity index (χ3n) is 2.23. The van der Waals surface area contributed by atoms with Crippen molar-refractivity contribution < 1.29 is 14.3 Å². The highest BCUT2D eigenvalue weighted by atomic mass is 16.7. The van der Waals surface area contributed by atoms with Crippen LogP contribution in [-0.2, 0) is 9.53 Å². The first-order chi connectivity index (χ1) is 8.13. The monoisotopic (exact) mass is 234 g/mol. The van der Waals surface area contributed by atoms with E-state index in [1.807, 2.05) is 44.2 Å². The van der Waals surface area contributed by atoms with Crippen LogP contribution in [0.1, 0.15) is 19.4 Å². The number of rotatable bonds is 6. The second-order valence-electron chi connectivity index (χ2n) is 4.01. The highest BCUT2D eigenvalue weighted by Crippen LogP contribution is 2.13. The van der Waals surface area contributed by atoms with E-state index < -0.39 is 0 Å². The zero-order valence-electron chi connectivity index (χ0n) is 10.5. The van der Waals surface area contributed by atoms with Crippen LogP contribution in [0.2, 0.25) is 0 Å². The van der Waals surface area contributed by atoms with Crippen LogP contribution in [0.4, 0.5) is 0 Å². The second-order valence-corrected chi connectivity index (χ2v) is 4.01. The van der Waals surface area contributed by atoms with Crippen molar-refractivity contribution in [1.29, 1.82) is 0 Å². The minimum absolute atomic E-state index is 0.0376. The highest BCUT2D eigenvalue weighted by Gasteiger charge is 2.01. The molecule has 1 rings (SSSR count). The van der Waals surface area contributed by atoms with Crippen molar-refractivity contribution >= 4 is 11.9 Å². The largest absolute Gasteiger partial charge is 0.468 e. The number of hydrogen-bond acceptors (Lipinski definition) is 3. The van der Waals surface area contributed by atoms with Gasteiger partial charge in [-0.3, -0.25) is 4.79 Å². The summed E-state index contributed by atoms with van der Waals surface area (Å²) in [5.74, 6) is 0.916. The van der Waals surface area contributed by atoms with E-state index in [0.717, 1.165) is 11.3 Å². The molecule has 1 aromatic rings. The standard InChI is InChI=1S/C14H18O3/c1-11(2)14(15)9-6-12-4-7-13(8-5-12)17-10-16-3/h4-9,11H,10H2,1-3H3/b9-6+. The molecule has 0 bridgehead atoms. The first-order valence-electron chi connectivity index (χ1n) is 5.57. The van der Waals surface area contributed by atoms with Crippen LogP contribution < -0.4 is 4.74 Å². The average Bonchev–Trinajstić information content (AvgIpc) is 2.34. The van der Waals surface area contributed by atoms with Crippen LogP contribution in [0.5, 0.6) is 5.75 Å². The van der Waals surface area contributed by atoms with E-state index in [0.29, 0.717) is 0 Å². The van der Waals surface area contributed by atoms with Gasteiger partial charge < -0.3 is 9.47 Å². The Morgan fingerprint density at radius 1 is 1.29 bits per heavy atom. The molecule has 0 fully saturated rings. The van der Waals surface area contributed by atoms with Gasteiger partial charge in [0.15, 0.2) is 12.6 Å². The molecule has 0 unspecified atom stereocenters. The summed E-state index contributed by atoms with van der Waals surface area (Å²) >= 11 is 0. The van der Waals surface area contributed by atoms with Crippen LogP contribution in [0.15, 0.2) is 30.3 Å². The SMILES string of the molecule is COCOc1ccc(/C=C/C(=O)C(C)C)cc1. The molecular weight excluding hydrogens is 216 g/mol. The van der Waals surface area contributed by atoms with Crippen LogP contribution in [0.25, 0.3) is 6.08 Å². The average molecular weight is 234 g/mol. The minimum Gasteiger partial charge on any atom is -0.468 e. The zero-order valence-corrected chi connectivity index (χ0v) is 10.5. The quantitative estimate of drug-likeness (QED) is 0.561. The fourth-order valence-electron chi connectivity index (χ4n) is 1.17. The summed E-state index contributed by atoms with van der Waals surface area (Å²) in [6.45, 7) is 4.00. The fourth-order valence-corrected chi connectivity index (χ4v) is 1.17. The molecule has 0 heterocycles. The molecule has 1 aromatic carbocycles. The molecule has 0 spiro atoms. The summed E-state index contributed by atoms with van der Waals surface area (Å²) < 4.78 is 10.1. The van der Waals surface area contributed by atoms with Gasteiger partial charge in [-0.05, 0) is 23.8 Å². The Balaban J connectivity index is 2.59. The second kappa shape index (κ2) is 6.86. The van der Waals surface area contributed by atoms with Gasteiger partial charge in [-0.15, -0.1) is 0 Å². The number of ketones is 1. The van der Waals surface area contributed by atoms with Crippen molar-refractivity contribution in [2.75, 3.05) is 13.9 Å². The Morgan fingerprint density at radius 2 is 1.94 bits per heavy atom. The smallest absolute Gasteiger partial charge is 0.188 e. The van der Waals surface area contributed by atoms with Gasteiger partial charge in [0.05, 0.1) is 0 Å². The van der Waals surface area contributed by atoms with E-state index in [-0.39, 0.29) is 18.5 Å². The van der Waals surface area contributed by atoms with Crippen molar-refractivity contribution in [2.45, 2.75) is 13.8 Å². The lowest BCUT2D eigenvalue weighted by atomic mass is 10.1. The van der Waals surface area contributed by atoms with Crippen molar-refractivity contribution in [2.24, 2.45) is 5.92 Å². The molecule has 17 heavy (non-hydrogen) atoms. The van der Waals surface area contributed by atoms with Gasteiger partial charge in [-0.2, -0.15) is 0 Å². The van der Waals surface area contributed by atoms with Crippen molar-refractivity contribution in [1.82, 2.24) is 0 Å². The summed E-state index contributed by atoms with van der Waals surface area (Å²) in [6.07, 6.45) is 3.41. The van der Waals surface area contributed by atoms with Crippen LogP contribution in [0.3, 0.4) is 0 Å². The molecule has 0 saturated heterocycles. The number of allylic oxidation sites excluding steroid dienone is 1. The van der Waals surface area contributed by atoms with Crippen LogP contribution in [0, 0.1) is 5.92 Å². The van der Waals surface area contributed by atoms with Gasteiger partial charge in [0.25, 0.3) is 0 Å². The highest BCUT2D eigenvalue weighted by molar-refractivity contribution is 5.94. The summed E-state index contributed by atoms with van der Waals surface area (Å²) in [7, 11) is 1.58. The van der Waals surface area contributed by atoms with Crippen molar-refractivity contribution in [3.63, 3.8) is 0 Å². The van der Waals surface area contributed by atoms with Gasteiger partial charge >= 0.3 is 0 Å². The number of methoxy groups -OCH3 is 1. The minimum atomic E-state index is 0.0376. The first kappa shape index (κ1) is 13.5. The maximum Gasteiger partial charge on any atom is 0.188 e. The Bertz CT molecular complexity index is 377. The van der Waals surface area contributed by atoms with Crippen LogP contribution >= 0.6 is 0 Å². The lowest BCUT2D eigenvalue weighted by Crippen LogP contribution is -2.01. The molecule has 0 radical (unpaired) electrons. The van der Waals surface area contributed by atoms with Crippen LogP contribution in [-0.4, -0.2) is 19.7 Å². The van der Waals surface area contributed by atoms with E-state index in [9.17, 15) is 4.79 Å². The maximum absolute atomic E-state index is 11.4. The summed E-state index contributed by atoms with van der Waals surface area (Å²) in [4.78, 5) is 11.4. The van der Waals surface area contributed by atoms with Gasteiger partial charge in [0.2, 0.25) is 0 Å². The molecular formula is C14H18O3. The van der Waals surface area contributed by atoms with E-state index >= 15 is 0 Å². The number of benzene rings is 1. The third-order valence-corrected chi connectivity index (χ3v) is 2.23. The molecule has 0 saturated carbocycles. The molecule has 0 aliphatic carbocycles. The number of ether oxygens (including phenoxy) is 2. The molecule has 3 nitrogen and oxygen atoms in total. The van der Waals surface area contributed by atoms with Crippen molar-refractivity contribution in [3.8, 4) is 5.75 Å². The van der Waals surface area contributed by atoms with Crippen molar-refractivity contribution in [3.05, 3.63) is 35.9 Å². The fraction of sp³-hybridized carbons (Fsp3) is 0.357. The zero-order chi connectivity index (χ0) is 12.7. The summed E-state index contributed by atoms with van der Waals surface area (Å²) in [5.41, 5.74) is 0.976. The van der Waals surface area contributed by atoms with Gasteiger partial charge in [0.1, 0.15) is 5.75 Å². The first-order valence-corrected chi connectivity index (χ1v) is 5.57. The molecule has 0 atom stereocenters. The van der Waals surface area contributed by atoms with Gasteiger partial charge in [0, 0.05) is 13.0 Å². The summed E-state index contributed by atoms with van der Waals surface area (Å²) in [5, 5.41) is 0. The predicted octanol–water partition coefficient (Wildman–Crippen LogP) is 2.91. The van der Waals surface area contributed by atoms with E-state index in [1.54, 1.807) is 13.2 Å². The Kier molecular flexibility index (Phi) is 5.43. The molecule has 92 valence electrons. The number of hydrogen-bond donors (Lipinski definition) is 0. The third kappa shape index (κ3) is 4.83. The van der Waals surface area contributed by atoms with E-state index in [1.165, 1.54) is 0 Å². The van der Waals surface area contributed by atoms with Gasteiger partial charge in [-0.1, -0.05) is 32.1 Å². The lowest BCUT2D eigenvalue weighted by Gasteiger charge is -2.04. The van der Waals surface area contributed by atoms with E-state index in [2.05, 4.69) is 0 Å². The molecule has 0 aliphatic heterocycles. The molecule has 0 aliphatic rings. The van der Waals surface area contributed by atoms with E-state index in [4.69, 9.17) is 9.47 Å². The summed E-state index contributed by atoms with van der Waals surface area (Å²) in [6, 6.07) is 7.49. The normalized spacial score (nSPS) is 11.1. The molecule has 0 N–H and O–H groups in total. The Labute approximate surface area is 102 Å². The lowest BCUT2D eigenvalue weighted by molar-refractivity contribution is -0.117. The van der Waals surface area contributed by atoms with Gasteiger partial charge in [-0.25, -0.2) is 0 Å². The maximum atomic E-state index is 11.4.